The van der Waals surface area contributed by atoms with Crippen LogP contribution in [0, 0.1) is 6.92 Å². The normalized spacial score (nSPS) is 16.8. The smallest absolute Gasteiger partial charge is 0.223 e. The number of hydrogen-bond donors (Lipinski definition) is 0. The zero-order chi connectivity index (χ0) is 16.5. The molecule has 7 heteroatoms. The molecule has 1 aliphatic heterocycles. The lowest BCUT2D eigenvalue weighted by atomic mass is 9.93. The van der Waals surface area contributed by atoms with Crippen molar-refractivity contribution in [3.05, 3.63) is 46.8 Å². The molecule has 0 spiro atoms. The average Bonchev–Trinajstić information content (AvgIpc) is 3.00. The van der Waals surface area contributed by atoms with Crippen molar-refractivity contribution in [1.82, 2.24) is 25.0 Å². The van der Waals surface area contributed by atoms with Gasteiger partial charge in [-0.2, -0.15) is 4.98 Å². The van der Waals surface area contributed by atoms with Gasteiger partial charge in [-0.1, -0.05) is 16.8 Å². The quantitative estimate of drug-likeness (QED) is 0.726. The number of halogens is 1. The molecule has 3 aromatic rings. The largest absolute Gasteiger partial charge is 0.340 e. The second-order valence-electron chi connectivity index (χ2n) is 6.22. The van der Waals surface area contributed by atoms with E-state index in [-0.39, 0.29) is 0 Å². The molecule has 4 rings (SSSR count). The number of aromatic nitrogens is 4. The summed E-state index contributed by atoms with van der Waals surface area (Å²) in [6.07, 6.45) is 3.79. The lowest BCUT2D eigenvalue weighted by molar-refractivity contribution is 0.196. The maximum atomic E-state index is 5.98. The number of aryl methyl sites for hydroxylation is 1. The number of hydrogen-bond acceptors (Lipinski definition) is 6. The molecule has 6 nitrogen and oxygen atoms in total. The molecule has 24 heavy (non-hydrogen) atoms. The van der Waals surface area contributed by atoms with Crippen LogP contribution >= 0.6 is 11.6 Å². The Kier molecular flexibility index (Phi) is 4.16. The molecule has 0 aliphatic carbocycles. The summed E-state index contributed by atoms with van der Waals surface area (Å²) in [7, 11) is 0. The molecule has 0 saturated carbocycles. The van der Waals surface area contributed by atoms with Crippen LogP contribution < -0.4 is 0 Å². The summed E-state index contributed by atoms with van der Waals surface area (Å²) in [5.41, 5.74) is 1.88. The summed E-state index contributed by atoms with van der Waals surface area (Å²) in [6, 6.07) is 6.06. The minimum absolute atomic E-state index is 0.468. The fraction of sp³-hybridized carbons (Fsp3) is 0.412. The maximum absolute atomic E-state index is 5.98. The highest BCUT2D eigenvalue weighted by atomic mass is 35.5. The summed E-state index contributed by atoms with van der Waals surface area (Å²) in [4.78, 5) is 15.7. The minimum Gasteiger partial charge on any atom is -0.340 e. The van der Waals surface area contributed by atoms with E-state index >= 15 is 0 Å². The van der Waals surface area contributed by atoms with Crippen LogP contribution in [-0.4, -0.2) is 38.1 Å². The Morgan fingerprint density at radius 1 is 1.25 bits per heavy atom. The highest BCUT2D eigenvalue weighted by Gasteiger charge is 2.23. The summed E-state index contributed by atoms with van der Waals surface area (Å²) in [5.74, 6) is 1.85. The lowest BCUT2D eigenvalue weighted by Gasteiger charge is -2.30. The third-order valence-corrected chi connectivity index (χ3v) is 4.68. The molecular formula is C17H18ClN5O. The van der Waals surface area contributed by atoms with Crippen molar-refractivity contribution in [3.8, 4) is 0 Å². The van der Waals surface area contributed by atoms with E-state index in [1.54, 1.807) is 6.20 Å². The topological polar surface area (TPSA) is 67.9 Å². The number of nitrogens with zero attached hydrogens (tertiary/aromatic N) is 5. The van der Waals surface area contributed by atoms with Crippen LogP contribution in [-0.2, 0) is 6.54 Å². The Bertz CT molecular complexity index is 857. The van der Waals surface area contributed by atoms with Crippen LogP contribution in [0.1, 0.15) is 36.2 Å². The Morgan fingerprint density at radius 2 is 2.08 bits per heavy atom. The second kappa shape index (κ2) is 6.45. The predicted molar refractivity (Wildman–Crippen MR) is 90.8 cm³/mol. The van der Waals surface area contributed by atoms with Crippen LogP contribution in [0.5, 0.6) is 0 Å². The van der Waals surface area contributed by atoms with Gasteiger partial charge in [-0.3, -0.25) is 4.90 Å². The highest BCUT2D eigenvalue weighted by Crippen LogP contribution is 2.28. The average molecular weight is 344 g/mol. The molecular weight excluding hydrogens is 326 g/mol. The third-order valence-electron chi connectivity index (χ3n) is 4.47. The molecule has 0 amide bonds. The van der Waals surface area contributed by atoms with Gasteiger partial charge in [-0.05, 0) is 44.1 Å². The fourth-order valence-electron chi connectivity index (χ4n) is 3.22. The molecule has 124 valence electrons. The van der Waals surface area contributed by atoms with Crippen molar-refractivity contribution in [3.63, 3.8) is 0 Å². The van der Waals surface area contributed by atoms with Gasteiger partial charge in [0.1, 0.15) is 0 Å². The van der Waals surface area contributed by atoms with Crippen LogP contribution in [0.2, 0.25) is 5.02 Å². The van der Waals surface area contributed by atoms with Crippen LogP contribution in [0.3, 0.4) is 0 Å². The molecule has 4 heterocycles. The van der Waals surface area contributed by atoms with Crippen molar-refractivity contribution < 1.29 is 4.52 Å². The van der Waals surface area contributed by atoms with Gasteiger partial charge in [-0.25, -0.2) is 9.97 Å². The van der Waals surface area contributed by atoms with Gasteiger partial charge >= 0.3 is 0 Å². The van der Waals surface area contributed by atoms with E-state index in [1.807, 2.05) is 13.0 Å². The van der Waals surface area contributed by atoms with Gasteiger partial charge in [0.15, 0.2) is 11.5 Å². The lowest BCUT2D eigenvalue weighted by Crippen LogP contribution is -2.33. The van der Waals surface area contributed by atoms with Crippen molar-refractivity contribution in [2.45, 2.75) is 32.2 Å². The van der Waals surface area contributed by atoms with Crippen molar-refractivity contribution in [1.29, 1.82) is 0 Å². The van der Waals surface area contributed by atoms with Gasteiger partial charge in [-0.15, -0.1) is 0 Å². The molecule has 3 aromatic heterocycles. The van der Waals surface area contributed by atoms with Crippen molar-refractivity contribution in [2.75, 3.05) is 13.1 Å². The first-order valence-corrected chi connectivity index (χ1v) is 8.49. The summed E-state index contributed by atoms with van der Waals surface area (Å²) in [5, 5.41) is 5.59. The zero-order valence-electron chi connectivity index (χ0n) is 13.4. The molecule has 0 radical (unpaired) electrons. The van der Waals surface area contributed by atoms with E-state index < -0.39 is 0 Å². The van der Waals surface area contributed by atoms with E-state index in [1.165, 1.54) is 0 Å². The number of pyridine rings is 2. The molecule has 1 fully saturated rings. The van der Waals surface area contributed by atoms with Crippen molar-refractivity contribution >= 4 is 22.6 Å². The number of piperidine rings is 1. The van der Waals surface area contributed by atoms with Gasteiger partial charge in [0.25, 0.3) is 0 Å². The summed E-state index contributed by atoms with van der Waals surface area (Å²) >= 11 is 5.98. The highest BCUT2D eigenvalue weighted by molar-refractivity contribution is 6.31. The maximum Gasteiger partial charge on any atom is 0.223 e. The van der Waals surface area contributed by atoms with E-state index in [4.69, 9.17) is 21.1 Å². The van der Waals surface area contributed by atoms with Crippen LogP contribution in [0.15, 0.2) is 28.9 Å². The SMILES string of the molecule is Cc1nc(CN2CCC(c3ccc4cc(Cl)cnc4n3)CC2)no1. The standard InChI is InChI=1S/C17H18ClN5O/c1-11-20-16(22-24-11)10-23-6-4-12(5-7-23)15-3-2-13-8-14(18)9-19-17(13)21-15/h2-3,8-9,12H,4-7,10H2,1H3. The van der Waals surface area contributed by atoms with Crippen LogP contribution in [0.4, 0.5) is 0 Å². The second-order valence-corrected chi connectivity index (χ2v) is 6.65. The van der Waals surface area contributed by atoms with Gasteiger partial charge in [0.2, 0.25) is 5.89 Å². The predicted octanol–water partition coefficient (Wildman–Crippen LogP) is 3.35. The third kappa shape index (κ3) is 3.25. The summed E-state index contributed by atoms with van der Waals surface area (Å²) in [6.45, 7) is 4.57. The van der Waals surface area contributed by atoms with E-state index in [9.17, 15) is 0 Å². The monoisotopic (exact) mass is 343 g/mol. The van der Waals surface area contributed by atoms with Crippen molar-refractivity contribution in [2.24, 2.45) is 0 Å². The molecule has 1 saturated heterocycles. The van der Waals surface area contributed by atoms with E-state index in [2.05, 4.69) is 32.2 Å². The van der Waals surface area contributed by atoms with Gasteiger partial charge in [0, 0.05) is 30.1 Å². The Balaban J connectivity index is 1.42. The molecule has 0 unspecified atom stereocenters. The Hall–Kier alpha value is -2.05. The molecule has 1 aliphatic rings. The molecule has 0 N–H and O–H groups in total. The molecule has 0 bridgehead atoms. The zero-order valence-corrected chi connectivity index (χ0v) is 14.2. The van der Waals surface area contributed by atoms with Crippen LogP contribution in [0.25, 0.3) is 11.0 Å². The van der Waals surface area contributed by atoms with Gasteiger partial charge < -0.3 is 4.52 Å². The number of rotatable bonds is 3. The summed E-state index contributed by atoms with van der Waals surface area (Å²) < 4.78 is 5.03. The minimum atomic E-state index is 0.468. The van der Waals surface area contributed by atoms with Gasteiger partial charge in [0.05, 0.1) is 11.6 Å². The number of likely N-dealkylation sites (tertiary alicyclic amines) is 1. The van der Waals surface area contributed by atoms with E-state index in [0.717, 1.165) is 55.0 Å². The first-order chi connectivity index (χ1) is 11.7. The Morgan fingerprint density at radius 3 is 2.83 bits per heavy atom. The molecule has 0 aromatic carbocycles. The first-order valence-electron chi connectivity index (χ1n) is 8.11. The molecule has 0 atom stereocenters. The Labute approximate surface area is 144 Å². The fourth-order valence-corrected chi connectivity index (χ4v) is 3.38. The number of fused-ring (bicyclic) bond motifs is 1. The first kappa shape index (κ1) is 15.5. The van der Waals surface area contributed by atoms with E-state index in [0.29, 0.717) is 16.8 Å².